The Balaban J connectivity index is 0.00000178. The molecule has 0 spiro atoms. The first-order chi connectivity index (χ1) is 14.0. The third-order valence-corrected chi connectivity index (χ3v) is 5.47. The highest BCUT2D eigenvalue weighted by atomic mass is 16.4. The fourth-order valence-electron chi connectivity index (χ4n) is 3.60. The largest absolute Gasteiger partial charge is 0.550 e. The summed E-state index contributed by atoms with van der Waals surface area (Å²) in [5.74, 6) is -1.08. The molecule has 1 rings (SSSR count). The number of carboxylic acid groups (broad SMARTS) is 1. The van der Waals surface area contributed by atoms with Crippen LogP contribution in [0.25, 0.3) is 0 Å². The van der Waals surface area contributed by atoms with Crippen molar-refractivity contribution in [1.82, 2.24) is 4.57 Å². The molecule has 0 saturated carbocycles. The van der Waals surface area contributed by atoms with Crippen LogP contribution in [0.15, 0.2) is 18.7 Å². The minimum atomic E-state index is -1.08. The zero-order valence-corrected chi connectivity index (χ0v) is 19.8. The molecule has 0 amide bonds. The van der Waals surface area contributed by atoms with Crippen LogP contribution < -0.4 is 9.67 Å². The van der Waals surface area contributed by atoms with Crippen molar-refractivity contribution in [2.24, 2.45) is 0 Å². The van der Waals surface area contributed by atoms with Gasteiger partial charge in [-0.2, -0.15) is 0 Å². The van der Waals surface area contributed by atoms with E-state index in [0.29, 0.717) is 6.04 Å². The first-order valence-electron chi connectivity index (χ1n) is 12.2. The van der Waals surface area contributed by atoms with Gasteiger partial charge in [-0.1, -0.05) is 84.5 Å². The van der Waals surface area contributed by atoms with Crippen molar-refractivity contribution < 1.29 is 14.5 Å². The molecule has 0 aromatic carbocycles. The molecule has 1 atom stereocenters. The lowest BCUT2D eigenvalue weighted by Gasteiger charge is -2.07. The van der Waals surface area contributed by atoms with E-state index in [2.05, 4.69) is 48.6 Å². The number of carbonyl (C=O) groups excluding carboxylic acids is 1. The van der Waals surface area contributed by atoms with Gasteiger partial charge in [0.2, 0.25) is 6.33 Å². The molecule has 0 aliphatic heterocycles. The molecule has 4 heteroatoms. The molecule has 0 saturated heterocycles. The summed E-state index contributed by atoms with van der Waals surface area (Å²) < 4.78 is 4.79. The molecule has 0 radical (unpaired) electrons. The summed E-state index contributed by atoms with van der Waals surface area (Å²) in [6.45, 7) is 9.09. The average molecular weight is 409 g/mol. The number of aromatic nitrogens is 2. The molecular weight excluding hydrogens is 360 g/mol. The third kappa shape index (κ3) is 18.4. The molecule has 4 nitrogen and oxygen atoms in total. The molecule has 29 heavy (non-hydrogen) atoms. The number of imidazole rings is 1. The Labute approximate surface area is 180 Å². The van der Waals surface area contributed by atoms with Gasteiger partial charge in [0.25, 0.3) is 0 Å². The number of carbonyl (C=O) groups is 1. The Bertz CT molecular complexity index is 481. The van der Waals surface area contributed by atoms with Crippen LogP contribution in [-0.2, 0) is 11.3 Å². The summed E-state index contributed by atoms with van der Waals surface area (Å²) in [5.41, 5.74) is 0. The standard InChI is InChI=1S/C23H45N2.C2H4O2/c1-4-6-8-10-11-12-13-14-15-17-19-24-20-21-25(22-24)23(3)18-16-9-7-5-2;1-2(3)4/h20-23H,4-19H2,1-3H3;1H3,(H,3,4)/q+1;/p-1. The lowest BCUT2D eigenvalue weighted by atomic mass is 10.1. The normalized spacial score (nSPS) is 11.7. The summed E-state index contributed by atoms with van der Waals surface area (Å²) in [6, 6.07) is 0.644. The zero-order valence-electron chi connectivity index (χ0n) is 19.8. The first-order valence-corrected chi connectivity index (χ1v) is 12.2. The van der Waals surface area contributed by atoms with Crippen LogP contribution in [0.2, 0.25) is 0 Å². The summed E-state index contributed by atoms with van der Waals surface area (Å²) in [4.78, 5) is 8.89. The van der Waals surface area contributed by atoms with Gasteiger partial charge in [0.05, 0.1) is 12.6 Å². The van der Waals surface area contributed by atoms with Gasteiger partial charge >= 0.3 is 0 Å². The molecule has 0 aliphatic rings. The Kier molecular flexibility index (Phi) is 19.1. The lowest BCUT2D eigenvalue weighted by molar-refractivity contribution is -0.697. The number of nitrogens with zero attached hydrogens (tertiary/aromatic N) is 2. The maximum absolute atomic E-state index is 8.89. The summed E-state index contributed by atoms with van der Waals surface area (Å²) in [6.07, 6.45) is 27.8. The highest BCUT2D eigenvalue weighted by Gasteiger charge is 2.11. The minimum absolute atomic E-state index is 0.644. The quantitative estimate of drug-likeness (QED) is 0.235. The number of aryl methyl sites for hydroxylation is 1. The van der Waals surface area contributed by atoms with Gasteiger partial charge in [-0.05, 0) is 39.5 Å². The maximum Gasteiger partial charge on any atom is 0.243 e. The number of aliphatic carboxylic acids is 1. The van der Waals surface area contributed by atoms with Gasteiger partial charge in [-0.15, -0.1) is 0 Å². The molecular formula is C25H48N2O2. The Morgan fingerprint density at radius 1 is 0.862 bits per heavy atom. The fraction of sp³-hybridized carbons (Fsp3) is 0.840. The number of rotatable bonds is 17. The molecule has 0 N–H and O–H groups in total. The Morgan fingerprint density at radius 2 is 1.31 bits per heavy atom. The van der Waals surface area contributed by atoms with Gasteiger partial charge < -0.3 is 9.90 Å². The minimum Gasteiger partial charge on any atom is -0.550 e. The van der Waals surface area contributed by atoms with Crippen molar-refractivity contribution in [2.45, 2.75) is 137 Å². The number of hydrogen-bond acceptors (Lipinski definition) is 2. The topological polar surface area (TPSA) is 48.9 Å². The molecule has 170 valence electrons. The molecule has 0 fully saturated rings. The second-order valence-electron chi connectivity index (χ2n) is 8.47. The molecule has 1 aromatic heterocycles. The molecule has 1 aromatic rings. The summed E-state index contributed by atoms with van der Waals surface area (Å²) in [5, 5.41) is 8.89. The SMILES string of the molecule is CC(=O)[O-].CCCCCCCCCCCC[n+]1ccn(C(C)CCCCCC)c1. The van der Waals surface area contributed by atoms with Gasteiger partial charge in [-0.25, -0.2) is 9.13 Å². The number of hydrogen-bond donors (Lipinski definition) is 0. The number of carboxylic acids is 1. The van der Waals surface area contributed by atoms with E-state index in [1.165, 1.54) is 103 Å². The van der Waals surface area contributed by atoms with Crippen LogP contribution in [0.1, 0.15) is 130 Å². The molecule has 0 bridgehead atoms. The van der Waals surface area contributed by atoms with E-state index in [-0.39, 0.29) is 0 Å². The van der Waals surface area contributed by atoms with Crippen LogP contribution in [0.3, 0.4) is 0 Å². The van der Waals surface area contributed by atoms with Crippen LogP contribution in [0, 0.1) is 0 Å². The van der Waals surface area contributed by atoms with E-state index in [1.807, 2.05) is 0 Å². The fourth-order valence-corrected chi connectivity index (χ4v) is 3.60. The highest BCUT2D eigenvalue weighted by Crippen LogP contribution is 2.15. The molecule has 1 heterocycles. The predicted octanol–water partition coefficient (Wildman–Crippen LogP) is 5.98. The van der Waals surface area contributed by atoms with E-state index in [9.17, 15) is 0 Å². The van der Waals surface area contributed by atoms with Crippen LogP contribution in [0.5, 0.6) is 0 Å². The van der Waals surface area contributed by atoms with Gasteiger partial charge in [0, 0.05) is 5.97 Å². The average Bonchev–Trinajstić information content (AvgIpc) is 3.15. The second-order valence-corrected chi connectivity index (χ2v) is 8.47. The molecule has 1 unspecified atom stereocenters. The molecule has 0 aliphatic carbocycles. The Hall–Kier alpha value is -1.32. The van der Waals surface area contributed by atoms with Gasteiger partial charge in [0.15, 0.2) is 0 Å². The van der Waals surface area contributed by atoms with E-state index in [0.717, 1.165) is 6.92 Å². The van der Waals surface area contributed by atoms with E-state index in [4.69, 9.17) is 9.90 Å². The van der Waals surface area contributed by atoms with Gasteiger partial charge in [0.1, 0.15) is 12.4 Å². The van der Waals surface area contributed by atoms with Crippen molar-refractivity contribution in [2.75, 3.05) is 0 Å². The van der Waals surface area contributed by atoms with Crippen LogP contribution in [-0.4, -0.2) is 10.5 Å². The first kappa shape index (κ1) is 27.7. The monoisotopic (exact) mass is 408 g/mol. The van der Waals surface area contributed by atoms with Crippen LogP contribution in [0.4, 0.5) is 0 Å². The highest BCUT2D eigenvalue weighted by molar-refractivity contribution is 5.60. The van der Waals surface area contributed by atoms with E-state index in [1.54, 1.807) is 0 Å². The van der Waals surface area contributed by atoms with Crippen molar-refractivity contribution >= 4 is 5.97 Å². The van der Waals surface area contributed by atoms with E-state index < -0.39 is 5.97 Å². The Morgan fingerprint density at radius 3 is 1.83 bits per heavy atom. The summed E-state index contributed by atoms with van der Waals surface area (Å²) >= 11 is 0. The predicted molar refractivity (Wildman–Crippen MR) is 121 cm³/mol. The zero-order chi connectivity index (χ0) is 21.7. The van der Waals surface area contributed by atoms with Crippen LogP contribution >= 0.6 is 0 Å². The third-order valence-electron chi connectivity index (χ3n) is 5.47. The van der Waals surface area contributed by atoms with Crippen molar-refractivity contribution in [3.63, 3.8) is 0 Å². The maximum atomic E-state index is 8.89. The number of unbranched alkanes of at least 4 members (excludes halogenated alkanes) is 12. The van der Waals surface area contributed by atoms with Gasteiger partial charge in [-0.3, -0.25) is 0 Å². The smallest absolute Gasteiger partial charge is 0.243 e. The second kappa shape index (κ2) is 20.0. The van der Waals surface area contributed by atoms with Crippen molar-refractivity contribution in [3.8, 4) is 0 Å². The lowest BCUT2D eigenvalue weighted by Crippen LogP contribution is -2.31. The van der Waals surface area contributed by atoms with Crippen molar-refractivity contribution in [3.05, 3.63) is 18.7 Å². The summed E-state index contributed by atoms with van der Waals surface area (Å²) in [7, 11) is 0. The van der Waals surface area contributed by atoms with Crippen molar-refractivity contribution in [1.29, 1.82) is 0 Å². The van der Waals surface area contributed by atoms with E-state index >= 15 is 0 Å².